The van der Waals surface area contributed by atoms with E-state index < -0.39 is 0 Å². The Hall–Kier alpha value is -1.76. The smallest absolute Gasteiger partial charge is 0.271 e. The summed E-state index contributed by atoms with van der Waals surface area (Å²) in [5, 5.41) is 7.78. The van der Waals surface area contributed by atoms with Gasteiger partial charge in [-0.2, -0.15) is 5.10 Å². The maximum atomic E-state index is 12.1. The van der Waals surface area contributed by atoms with Crippen LogP contribution in [-0.2, 0) is 11.5 Å². The summed E-state index contributed by atoms with van der Waals surface area (Å²) in [6.07, 6.45) is 3.78. The molecule has 2 heterocycles. The first-order valence-electron chi connectivity index (χ1n) is 7.63. The van der Waals surface area contributed by atoms with Crippen LogP contribution >= 0.6 is 23.2 Å². The SMILES string of the molecule is O=C(NCC1CCCO1)c1ccn(COc2cccc(Cl)c2Cl)n1. The van der Waals surface area contributed by atoms with Crippen LogP contribution in [-0.4, -0.2) is 34.9 Å². The lowest BCUT2D eigenvalue weighted by Crippen LogP contribution is -2.32. The summed E-state index contributed by atoms with van der Waals surface area (Å²) >= 11 is 12.0. The molecule has 128 valence electrons. The number of carbonyl (C=O) groups is 1. The first kappa shape index (κ1) is 17.1. The van der Waals surface area contributed by atoms with E-state index in [-0.39, 0.29) is 18.7 Å². The highest BCUT2D eigenvalue weighted by Crippen LogP contribution is 2.31. The van der Waals surface area contributed by atoms with Gasteiger partial charge in [0.2, 0.25) is 0 Å². The number of nitrogens with one attached hydrogen (secondary N) is 1. The number of benzene rings is 1. The summed E-state index contributed by atoms with van der Waals surface area (Å²) in [5.74, 6) is 0.231. The Morgan fingerprint density at radius 3 is 3.08 bits per heavy atom. The Morgan fingerprint density at radius 2 is 2.29 bits per heavy atom. The van der Waals surface area contributed by atoms with Gasteiger partial charge in [0.25, 0.3) is 5.91 Å². The van der Waals surface area contributed by atoms with Crippen molar-refractivity contribution in [2.75, 3.05) is 13.2 Å². The van der Waals surface area contributed by atoms with E-state index in [1.807, 2.05) is 0 Å². The second kappa shape index (κ2) is 7.88. The standard InChI is InChI=1S/C16H17Cl2N3O3/c17-12-4-1-5-14(15(12)18)24-10-21-7-6-13(20-21)16(22)19-9-11-3-2-8-23-11/h1,4-7,11H,2-3,8-10H2,(H,19,22). The van der Waals surface area contributed by atoms with E-state index in [2.05, 4.69) is 10.4 Å². The first-order valence-corrected chi connectivity index (χ1v) is 8.39. The molecule has 0 aliphatic carbocycles. The van der Waals surface area contributed by atoms with Gasteiger partial charge in [-0.1, -0.05) is 29.3 Å². The Kier molecular flexibility index (Phi) is 5.60. The van der Waals surface area contributed by atoms with Crippen LogP contribution < -0.4 is 10.1 Å². The number of ether oxygens (including phenoxy) is 2. The molecule has 1 aliphatic heterocycles. The average molecular weight is 370 g/mol. The second-order valence-electron chi connectivity index (χ2n) is 5.41. The zero-order chi connectivity index (χ0) is 16.9. The molecule has 1 aromatic carbocycles. The molecule has 1 atom stereocenters. The van der Waals surface area contributed by atoms with Crippen LogP contribution in [0.5, 0.6) is 5.75 Å². The molecule has 8 heteroatoms. The molecule has 24 heavy (non-hydrogen) atoms. The van der Waals surface area contributed by atoms with Gasteiger partial charge in [-0.3, -0.25) is 4.79 Å². The Morgan fingerprint density at radius 1 is 1.42 bits per heavy atom. The van der Waals surface area contributed by atoms with E-state index in [4.69, 9.17) is 32.7 Å². The summed E-state index contributed by atoms with van der Waals surface area (Å²) in [4.78, 5) is 12.1. The summed E-state index contributed by atoms with van der Waals surface area (Å²) in [6.45, 7) is 1.39. The fourth-order valence-electron chi connectivity index (χ4n) is 2.39. The van der Waals surface area contributed by atoms with Crippen LogP contribution in [0, 0.1) is 0 Å². The maximum absolute atomic E-state index is 12.1. The molecule has 1 aliphatic rings. The van der Waals surface area contributed by atoms with Gasteiger partial charge >= 0.3 is 0 Å². The van der Waals surface area contributed by atoms with Crippen LogP contribution in [0.25, 0.3) is 0 Å². The van der Waals surface area contributed by atoms with E-state index >= 15 is 0 Å². The number of rotatable bonds is 6. The molecule has 6 nitrogen and oxygen atoms in total. The van der Waals surface area contributed by atoms with E-state index in [1.165, 1.54) is 4.68 Å². The van der Waals surface area contributed by atoms with E-state index in [9.17, 15) is 4.79 Å². The van der Waals surface area contributed by atoms with Gasteiger partial charge in [-0.05, 0) is 31.0 Å². The highest BCUT2D eigenvalue weighted by atomic mass is 35.5. The molecule has 2 aromatic rings. The Labute approximate surface area is 149 Å². The number of carbonyl (C=O) groups excluding carboxylic acids is 1. The lowest BCUT2D eigenvalue weighted by Gasteiger charge is -2.10. The average Bonchev–Trinajstić information content (AvgIpc) is 3.25. The zero-order valence-electron chi connectivity index (χ0n) is 12.9. The minimum Gasteiger partial charge on any atom is -0.470 e. The predicted octanol–water partition coefficient (Wildman–Crippen LogP) is 3.14. The molecule has 1 unspecified atom stereocenters. The minimum absolute atomic E-state index is 0.101. The fourth-order valence-corrected chi connectivity index (χ4v) is 2.73. The molecule has 0 spiro atoms. The number of hydrogen-bond acceptors (Lipinski definition) is 4. The second-order valence-corrected chi connectivity index (χ2v) is 6.20. The summed E-state index contributed by atoms with van der Waals surface area (Å²) in [7, 11) is 0. The number of amides is 1. The fraction of sp³-hybridized carbons (Fsp3) is 0.375. The molecule has 1 aromatic heterocycles. The monoisotopic (exact) mass is 369 g/mol. The van der Waals surface area contributed by atoms with Crippen molar-refractivity contribution in [2.24, 2.45) is 0 Å². The van der Waals surface area contributed by atoms with Gasteiger partial charge in [-0.25, -0.2) is 4.68 Å². The number of nitrogens with zero attached hydrogens (tertiary/aromatic N) is 2. The van der Waals surface area contributed by atoms with E-state index in [0.717, 1.165) is 19.4 Å². The van der Waals surface area contributed by atoms with Crippen LogP contribution in [0.4, 0.5) is 0 Å². The molecule has 0 radical (unpaired) electrons. The van der Waals surface area contributed by atoms with Crippen molar-refractivity contribution < 1.29 is 14.3 Å². The van der Waals surface area contributed by atoms with Gasteiger partial charge in [0.15, 0.2) is 6.73 Å². The highest BCUT2D eigenvalue weighted by Gasteiger charge is 2.17. The van der Waals surface area contributed by atoms with Crippen molar-refractivity contribution in [3.05, 3.63) is 46.2 Å². The highest BCUT2D eigenvalue weighted by molar-refractivity contribution is 6.42. The summed E-state index contributed by atoms with van der Waals surface area (Å²) in [5.41, 5.74) is 0.328. The molecule has 1 amide bonds. The topological polar surface area (TPSA) is 65.4 Å². The van der Waals surface area contributed by atoms with Gasteiger partial charge in [0.1, 0.15) is 16.5 Å². The Balaban J connectivity index is 1.53. The third-order valence-corrected chi connectivity index (χ3v) is 4.46. The van der Waals surface area contributed by atoms with Crippen molar-refractivity contribution in [2.45, 2.75) is 25.7 Å². The van der Waals surface area contributed by atoms with Gasteiger partial charge in [0.05, 0.1) is 11.1 Å². The van der Waals surface area contributed by atoms with E-state index in [1.54, 1.807) is 30.5 Å². The van der Waals surface area contributed by atoms with Gasteiger partial charge in [0, 0.05) is 19.3 Å². The largest absolute Gasteiger partial charge is 0.470 e. The van der Waals surface area contributed by atoms with Crippen LogP contribution in [0.3, 0.4) is 0 Å². The molecule has 0 saturated carbocycles. The number of hydrogen-bond donors (Lipinski definition) is 1. The van der Waals surface area contributed by atoms with Crippen molar-refractivity contribution >= 4 is 29.1 Å². The van der Waals surface area contributed by atoms with E-state index in [0.29, 0.717) is 28.0 Å². The van der Waals surface area contributed by atoms with Crippen LogP contribution in [0.15, 0.2) is 30.5 Å². The van der Waals surface area contributed by atoms with Crippen LogP contribution in [0.2, 0.25) is 10.0 Å². The normalized spacial score (nSPS) is 17.0. The third-order valence-electron chi connectivity index (χ3n) is 3.66. The molecular weight excluding hydrogens is 353 g/mol. The van der Waals surface area contributed by atoms with Crippen LogP contribution in [0.1, 0.15) is 23.3 Å². The lowest BCUT2D eigenvalue weighted by atomic mass is 10.2. The lowest BCUT2D eigenvalue weighted by molar-refractivity contribution is 0.0852. The predicted molar refractivity (Wildman–Crippen MR) is 90.6 cm³/mol. The van der Waals surface area contributed by atoms with Crippen molar-refractivity contribution in [1.82, 2.24) is 15.1 Å². The quantitative estimate of drug-likeness (QED) is 0.849. The van der Waals surface area contributed by atoms with Gasteiger partial charge in [-0.15, -0.1) is 0 Å². The van der Waals surface area contributed by atoms with Crippen molar-refractivity contribution in [3.63, 3.8) is 0 Å². The van der Waals surface area contributed by atoms with Gasteiger partial charge < -0.3 is 14.8 Å². The van der Waals surface area contributed by atoms with Crippen molar-refractivity contribution in [3.8, 4) is 5.75 Å². The number of halogens is 2. The molecule has 1 saturated heterocycles. The number of aromatic nitrogens is 2. The summed E-state index contributed by atoms with van der Waals surface area (Å²) in [6, 6.07) is 6.78. The molecule has 1 fully saturated rings. The molecule has 1 N–H and O–H groups in total. The third kappa shape index (κ3) is 4.20. The zero-order valence-corrected chi connectivity index (χ0v) is 14.4. The summed E-state index contributed by atoms with van der Waals surface area (Å²) < 4.78 is 12.6. The Bertz CT molecular complexity index is 714. The minimum atomic E-state index is -0.231. The van der Waals surface area contributed by atoms with Crippen molar-refractivity contribution in [1.29, 1.82) is 0 Å². The molecule has 3 rings (SSSR count). The maximum Gasteiger partial charge on any atom is 0.271 e. The molecule has 0 bridgehead atoms. The molecular formula is C16H17Cl2N3O3. The first-order chi connectivity index (χ1) is 11.6.